The molecule has 6 nitrogen and oxygen atoms in total. The molecule has 0 amide bonds. The molecule has 0 aliphatic rings. The first kappa shape index (κ1) is 14.4. The van der Waals surface area contributed by atoms with Crippen LogP contribution in [0, 0.1) is 10.1 Å². The van der Waals surface area contributed by atoms with Crippen LogP contribution in [0.25, 0.3) is 0 Å². The summed E-state index contributed by atoms with van der Waals surface area (Å²) in [5.41, 5.74) is 0.329. The maximum Gasteiger partial charge on any atom is 0.308 e. The molecule has 21 heavy (non-hydrogen) atoms. The van der Waals surface area contributed by atoms with Gasteiger partial charge in [-0.15, -0.1) is 0 Å². The monoisotopic (exact) mass is 285 g/mol. The summed E-state index contributed by atoms with van der Waals surface area (Å²) in [7, 11) is 0. The van der Waals surface area contributed by atoms with Gasteiger partial charge in [-0.1, -0.05) is 24.3 Å². The number of non-ortho nitro benzene ring substituents is 1. The quantitative estimate of drug-likeness (QED) is 0.283. The maximum absolute atomic E-state index is 12.3. The molecule has 0 saturated carbocycles. The smallest absolute Gasteiger partial charge is 0.308 e. The molecule has 0 spiro atoms. The molecule has 0 unspecified atom stereocenters. The molecule has 2 aromatic carbocycles. The number of esters is 1. The SMILES string of the molecule is CC(=O)Oc1cccc(C(=O)c2cccc([N+](=O)[O-])c2)c1. The lowest BCUT2D eigenvalue weighted by Crippen LogP contribution is -2.05. The molecule has 0 radical (unpaired) electrons. The molecule has 106 valence electrons. The van der Waals surface area contributed by atoms with E-state index in [-0.39, 0.29) is 28.3 Å². The van der Waals surface area contributed by atoms with Gasteiger partial charge in [0.1, 0.15) is 5.75 Å². The average Bonchev–Trinajstić information content (AvgIpc) is 2.46. The fourth-order valence-corrected chi connectivity index (χ4v) is 1.79. The summed E-state index contributed by atoms with van der Waals surface area (Å²) in [5.74, 6) is -0.624. The van der Waals surface area contributed by atoms with E-state index in [0.717, 1.165) is 0 Å². The third kappa shape index (κ3) is 3.50. The van der Waals surface area contributed by atoms with E-state index < -0.39 is 10.9 Å². The van der Waals surface area contributed by atoms with Crippen LogP contribution in [0.3, 0.4) is 0 Å². The lowest BCUT2D eigenvalue weighted by atomic mass is 10.0. The van der Waals surface area contributed by atoms with Crippen molar-refractivity contribution in [2.75, 3.05) is 0 Å². The molecule has 0 aliphatic carbocycles. The van der Waals surface area contributed by atoms with Crippen LogP contribution in [0.2, 0.25) is 0 Å². The van der Waals surface area contributed by atoms with E-state index in [4.69, 9.17) is 4.74 Å². The highest BCUT2D eigenvalue weighted by Gasteiger charge is 2.14. The zero-order chi connectivity index (χ0) is 15.4. The second-order valence-electron chi connectivity index (χ2n) is 4.26. The van der Waals surface area contributed by atoms with Crippen LogP contribution >= 0.6 is 0 Å². The Hall–Kier alpha value is -3.02. The van der Waals surface area contributed by atoms with Crippen molar-refractivity contribution >= 4 is 17.4 Å². The van der Waals surface area contributed by atoms with Crippen molar-refractivity contribution in [3.8, 4) is 5.75 Å². The highest BCUT2D eigenvalue weighted by molar-refractivity contribution is 6.09. The van der Waals surface area contributed by atoms with Crippen molar-refractivity contribution in [2.45, 2.75) is 6.92 Å². The molecular weight excluding hydrogens is 274 g/mol. The van der Waals surface area contributed by atoms with E-state index in [1.807, 2.05) is 0 Å². The minimum absolute atomic E-state index is 0.156. The van der Waals surface area contributed by atoms with Crippen molar-refractivity contribution in [3.05, 3.63) is 69.8 Å². The van der Waals surface area contributed by atoms with Gasteiger partial charge in [-0.25, -0.2) is 0 Å². The second kappa shape index (κ2) is 5.96. The largest absolute Gasteiger partial charge is 0.427 e. The van der Waals surface area contributed by atoms with E-state index in [1.54, 1.807) is 18.2 Å². The molecule has 0 aromatic heterocycles. The van der Waals surface area contributed by atoms with Crippen LogP contribution < -0.4 is 4.74 Å². The Morgan fingerprint density at radius 1 is 1.05 bits per heavy atom. The number of benzene rings is 2. The minimum atomic E-state index is -0.563. The van der Waals surface area contributed by atoms with Crippen molar-refractivity contribution in [3.63, 3.8) is 0 Å². The average molecular weight is 285 g/mol. The third-order valence-electron chi connectivity index (χ3n) is 2.68. The lowest BCUT2D eigenvalue weighted by molar-refractivity contribution is -0.384. The fourth-order valence-electron chi connectivity index (χ4n) is 1.79. The molecule has 0 heterocycles. The number of nitro groups is 1. The minimum Gasteiger partial charge on any atom is -0.427 e. The van der Waals surface area contributed by atoms with Gasteiger partial charge in [0, 0.05) is 30.2 Å². The van der Waals surface area contributed by atoms with Crippen molar-refractivity contribution in [1.82, 2.24) is 0 Å². The normalized spacial score (nSPS) is 9.95. The number of carbonyl (C=O) groups is 2. The van der Waals surface area contributed by atoms with Gasteiger partial charge < -0.3 is 4.74 Å². The van der Waals surface area contributed by atoms with E-state index in [0.29, 0.717) is 0 Å². The molecule has 0 fully saturated rings. The summed E-state index contributed by atoms with van der Waals surface area (Å²) in [4.78, 5) is 33.4. The number of hydrogen-bond acceptors (Lipinski definition) is 5. The Morgan fingerprint density at radius 3 is 2.29 bits per heavy atom. The highest BCUT2D eigenvalue weighted by atomic mass is 16.6. The first-order valence-electron chi connectivity index (χ1n) is 6.05. The summed E-state index contributed by atoms with van der Waals surface area (Å²) >= 11 is 0. The van der Waals surface area contributed by atoms with Gasteiger partial charge in [0.15, 0.2) is 5.78 Å². The molecule has 2 aromatic rings. The Morgan fingerprint density at radius 2 is 1.67 bits per heavy atom. The molecule has 6 heteroatoms. The summed E-state index contributed by atoms with van der Waals surface area (Å²) in [6.45, 7) is 1.26. The Labute approximate surface area is 120 Å². The summed E-state index contributed by atoms with van der Waals surface area (Å²) in [6, 6.07) is 11.5. The lowest BCUT2D eigenvalue weighted by Gasteiger charge is -2.04. The van der Waals surface area contributed by atoms with Crippen LogP contribution in [-0.4, -0.2) is 16.7 Å². The van der Waals surface area contributed by atoms with Crippen LogP contribution in [0.5, 0.6) is 5.75 Å². The summed E-state index contributed by atoms with van der Waals surface area (Å²) < 4.78 is 4.90. The molecule has 0 atom stereocenters. The van der Waals surface area contributed by atoms with E-state index in [9.17, 15) is 19.7 Å². The van der Waals surface area contributed by atoms with Crippen molar-refractivity contribution < 1.29 is 19.2 Å². The first-order chi connectivity index (χ1) is 9.97. The van der Waals surface area contributed by atoms with Gasteiger partial charge in [-0.2, -0.15) is 0 Å². The molecule has 0 saturated heterocycles. The number of rotatable bonds is 4. The van der Waals surface area contributed by atoms with Gasteiger partial charge >= 0.3 is 5.97 Å². The number of nitrogens with zero attached hydrogens (tertiary/aromatic N) is 1. The molecule has 0 aliphatic heterocycles. The molecule has 0 N–H and O–H groups in total. The Bertz CT molecular complexity index is 724. The molecule has 2 rings (SSSR count). The highest BCUT2D eigenvalue weighted by Crippen LogP contribution is 2.19. The van der Waals surface area contributed by atoms with Crippen LogP contribution in [-0.2, 0) is 4.79 Å². The first-order valence-corrected chi connectivity index (χ1v) is 6.05. The van der Waals surface area contributed by atoms with E-state index in [1.165, 1.54) is 37.3 Å². The van der Waals surface area contributed by atoms with Crippen molar-refractivity contribution in [2.24, 2.45) is 0 Å². The Balaban J connectivity index is 2.33. The standard InChI is InChI=1S/C15H11NO5/c1-10(17)21-14-7-3-5-12(9-14)15(18)11-4-2-6-13(8-11)16(19)20/h2-9H,1H3. The topological polar surface area (TPSA) is 86.5 Å². The number of hydrogen-bond donors (Lipinski definition) is 0. The van der Waals surface area contributed by atoms with Gasteiger partial charge in [-0.3, -0.25) is 19.7 Å². The Kier molecular flexibility index (Phi) is 4.08. The van der Waals surface area contributed by atoms with E-state index in [2.05, 4.69) is 0 Å². The second-order valence-corrected chi connectivity index (χ2v) is 4.26. The van der Waals surface area contributed by atoms with Crippen LogP contribution in [0.1, 0.15) is 22.8 Å². The van der Waals surface area contributed by atoms with E-state index >= 15 is 0 Å². The van der Waals surface area contributed by atoms with Gasteiger partial charge in [0.25, 0.3) is 5.69 Å². The van der Waals surface area contributed by atoms with Gasteiger partial charge in [-0.05, 0) is 12.1 Å². The third-order valence-corrected chi connectivity index (χ3v) is 2.68. The zero-order valence-electron chi connectivity index (χ0n) is 11.1. The molecular formula is C15H11NO5. The number of ether oxygens (including phenoxy) is 1. The summed E-state index contributed by atoms with van der Waals surface area (Å²) in [5, 5.41) is 10.7. The number of nitro benzene ring substituents is 1. The van der Waals surface area contributed by atoms with Gasteiger partial charge in [0.2, 0.25) is 0 Å². The molecule has 0 bridgehead atoms. The van der Waals surface area contributed by atoms with Gasteiger partial charge in [0.05, 0.1) is 4.92 Å². The predicted octanol–water partition coefficient (Wildman–Crippen LogP) is 2.75. The van der Waals surface area contributed by atoms with Crippen LogP contribution in [0.15, 0.2) is 48.5 Å². The number of ketones is 1. The van der Waals surface area contributed by atoms with Crippen molar-refractivity contribution in [1.29, 1.82) is 0 Å². The predicted molar refractivity (Wildman–Crippen MR) is 74.3 cm³/mol. The maximum atomic E-state index is 12.3. The summed E-state index contributed by atoms with van der Waals surface area (Å²) in [6.07, 6.45) is 0. The fraction of sp³-hybridized carbons (Fsp3) is 0.0667. The zero-order valence-corrected chi connectivity index (χ0v) is 11.1. The van der Waals surface area contributed by atoms with Crippen LogP contribution in [0.4, 0.5) is 5.69 Å². The number of carbonyl (C=O) groups excluding carboxylic acids is 2.